The molecule has 0 N–H and O–H groups in total. The first-order valence-corrected chi connectivity index (χ1v) is 13.2. The molecule has 2 aromatic rings. The van der Waals surface area contributed by atoms with Crippen molar-refractivity contribution in [1.82, 2.24) is 0 Å². The molecule has 2 saturated carbocycles. The smallest absolute Gasteiger partial charge is 0.201 e. The Hall–Kier alpha value is -2.30. The van der Waals surface area contributed by atoms with E-state index in [9.17, 15) is 8.78 Å². The van der Waals surface area contributed by atoms with Crippen molar-refractivity contribution in [3.05, 3.63) is 65.2 Å². The van der Waals surface area contributed by atoms with Gasteiger partial charge in [-0.05, 0) is 106 Å². The SMILES string of the molecule is C/C=C/C1CCC(C2CCC(c3ccc(-c4ccc(OCCC)c(F)c4F)c(F)c3F)CC2)CC1. The molecule has 0 saturated heterocycles. The summed E-state index contributed by atoms with van der Waals surface area (Å²) >= 11 is 0. The van der Waals surface area contributed by atoms with Crippen LogP contribution in [0.15, 0.2) is 36.4 Å². The van der Waals surface area contributed by atoms with E-state index in [2.05, 4.69) is 19.1 Å². The number of benzene rings is 2. The van der Waals surface area contributed by atoms with E-state index >= 15 is 8.78 Å². The van der Waals surface area contributed by atoms with E-state index < -0.39 is 23.3 Å². The van der Waals surface area contributed by atoms with E-state index in [-0.39, 0.29) is 29.4 Å². The molecule has 2 fully saturated rings. The zero-order valence-corrected chi connectivity index (χ0v) is 20.8. The van der Waals surface area contributed by atoms with Gasteiger partial charge in [0.25, 0.3) is 0 Å². The van der Waals surface area contributed by atoms with Crippen LogP contribution in [0.25, 0.3) is 11.1 Å². The lowest BCUT2D eigenvalue weighted by Gasteiger charge is -2.37. The van der Waals surface area contributed by atoms with Crippen molar-refractivity contribution in [3.63, 3.8) is 0 Å². The zero-order valence-electron chi connectivity index (χ0n) is 20.8. The summed E-state index contributed by atoms with van der Waals surface area (Å²) in [6.45, 7) is 4.17. The second kappa shape index (κ2) is 11.6. The number of hydrogen-bond acceptors (Lipinski definition) is 1. The van der Waals surface area contributed by atoms with Gasteiger partial charge in [0.15, 0.2) is 23.2 Å². The van der Waals surface area contributed by atoms with Crippen molar-refractivity contribution in [2.45, 2.75) is 77.6 Å². The maximum Gasteiger partial charge on any atom is 0.201 e. The minimum absolute atomic E-state index is 0.0411. The van der Waals surface area contributed by atoms with Gasteiger partial charge in [0.05, 0.1) is 6.61 Å². The minimum Gasteiger partial charge on any atom is -0.490 e. The molecular formula is C30H36F4O. The molecule has 0 radical (unpaired) electrons. The Morgan fingerprint density at radius 2 is 1.31 bits per heavy atom. The van der Waals surface area contributed by atoms with Crippen LogP contribution in [0.5, 0.6) is 5.75 Å². The third-order valence-corrected chi connectivity index (χ3v) is 8.07. The van der Waals surface area contributed by atoms with Crippen LogP contribution < -0.4 is 4.74 Å². The van der Waals surface area contributed by atoms with E-state index in [4.69, 9.17) is 4.74 Å². The number of rotatable bonds is 7. The quantitative estimate of drug-likeness (QED) is 0.279. The molecule has 2 aliphatic carbocycles. The van der Waals surface area contributed by atoms with E-state index in [0.29, 0.717) is 23.8 Å². The Kier molecular flexibility index (Phi) is 8.56. The average molecular weight is 489 g/mol. The standard InChI is InChI=1S/C30H36F4O/c1-3-5-19-6-8-20(9-7-19)21-10-12-22(13-11-21)23-14-15-24(28(32)27(23)31)25-16-17-26(35-18-4-2)30(34)29(25)33/h3,5,14-17,19-22H,4,6-13,18H2,1-2H3/b5-3+. The third kappa shape index (κ3) is 5.59. The van der Waals surface area contributed by atoms with E-state index in [1.807, 2.05) is 6.92 Å². The van der Waals surface area contributed by atoms with Gasteiger partial charge in [0.1, 0.15) is 0 Å². The molecule has 0 heterocycles. The Balaban J connectivity index is 1.44. The molecule has 1 nitrogen and oxygen atoms in total. The molecule has 35 heavy (non-hydrogen) atoms. The van der Waals surface area contributed by atoms with Crippen molar-refractivity contribution in [3.8, 4) is 16.9 Å². The lowest BCUT2D eigenvalue weighted by molar-refractivity contribution is 0.170. The summed E-state index contributed by atoms with van der Waals surface area (Å²) in [5.41, 5.74) is -0.215. The minimum atomic E-state index is -1.23. The average Bonchev–Trinajstić information content (AvgIpc) is 2.88. The molecule has 2 aliphatic rings. The molecule has 0 atom stereocenters. The summed E-state index contributed by atoms with van der Waals surface area (Å²) in [6.07, 6.45) is 13.9. The van der Waals surface area contributed by atoms with E-state index in [0.717, 1.165) is 31.6 Å². The number of allylic oxidation sites excluding steroid dienone is 2. The molecule has 0 spiro atoms. The van der Waals surface area contributed by atoms with Gasteiger partial charge in [-0.15, -0.1) is 0 Å². The van der Waals surface area contributed by atoms with Crippen molar-refractivity contribution < 1.29 is 22.3 Å². The fourth-order valence-electron chi connectivity index (χ4n) is 6.13. The lowest BCUT2D eigenvalue weighted by atomic mass is 9.68. The Morgan fingerprint density at radius 1 is 0.743 bits per heavy atom. The van der Waals surface area contributed by atoms with Crippen molar-refractivity contribution in [2.24, 2.45) is 17.8 Å². The summed E-state index contributed by atoms with van der Waals surface area (Å²) in [5, 5.41) is 0. The van der Waals surface area contributed by atoms with Gasteiger partial charge in [-0.25, -0.2) is 13.2 Å². The van der Waals surface area contributed by atoms with Crippen LogP contribution in [-0.2, 0) is 0 Å². The maximum atomic E-state index is 15.2. The van der Waals surface area contributed by atoms with Crippen molar-refractivity contribution >= 4 is 0 Å². The topological polar surface area (TPSA) is 9.23 Å². The van der Waals surface area contributed by atoms with Crippen LogP contribution in [0.2, 0.25) is 0 Å². The molecule has 4 rings (SSSR count). The molecule has 2 aromatic carbocycles. The van der Waals surface area contributed by atoms with Crippen LogP contribution in [0.4, 0.5) is 17.6 Å². The summed E-state index contributed by atoms with van der Waals surface area (Å²) in [5.74, 6) is -2.62. The molecule has 0 unspecified atom stereocenters. The van der Waals surface area contributed by atoms with Gasteiger partial charge in [0.2, 0.25) is 5.82 Å². The normalized spacial score (nSPS) is 25.2. The van der Waals surface area contributed by atoms with Gasteiger partial charge in [-0.3, -0.25) is 0 Å². The Morgan fingerprint density at radius 3 is 1.91 bits per heavy atom. The molecule has 0 amide bonds. The summed E-state index contributed by atoms with van der Waals surface area (Å²) < 4.78 is 64.5. The van der Waals surface area contributed by atoms with Gasteiger partial charge >= 0.3 is 0 Å². The van der Waals surface area contributed by atoms with Crippen LogP contribution >= 0.6 is 0 Å². The molecule has 0 bridgehead atoms. The monoisotopic (exact) mass is 488 g/mol. The highest BCUT2D eigenvalue weighted by Gasteiger charge is 2.32. The second-order valence-electron chi connectivity index (χ2n) is 10.2. The Labute approximate surface area is 206 Å². The first-order valence-electron chi connectivity index (χ1n) is 13.2. The number of halogens is 4. The lowest BCUT2D eigenvalue weighted by Crippen LogP contribution is -2.25. The largest absolute Gasteiger partial charge is 0.490 e. The zero-order chi connectivity index (χ0) is 24.9. The van der Waals surface area contributed by atoms with Crippen LogP contribution in [0.1, 0.15) is 83.1 Å². The first kappa shape index (κ1) is 25.8. The fraction of sp³-hybridized carbons (Fsp3) is 0.533. The molecule has 0 aromatic heterocycles. The number of ether oxygens (including phenoxy) is 1. The Bertz CT molecular complexity index is 1030. The number of hydrogen-bond donors (Lipinski definition) is 0. The highest BCUT2D eigenvalue weighted by Crippen LogP contribution is 2.45. The molecule has 0 aliphatic heterocycles. The third-order valence-electron chi connectivity index (χ3n) is 8.07. The van der Waals surface area contributed by atoms with Crippen LogP contribution in [-0.4, -0.2) is 6.61 Å². The van der Waals surface area contributed by atoms with Crippen molar-refractivity contribution in [1.29, 1.82) is 0 Å². The van der Waals surface area contributed by atoms with Gasteiger partial charge in [-0.2, -0.15) is 4.39 Å². The molecular weight excluding hydrogens is 452 g/mol. The first-order chi connectivity index (χ1) is 16.9. The molecule has 190 valence electrons. The van der Waals surface area contributed by atoms with Gasteiger partial charge < -0.3 is 4.74 Å². The summed E-state index contributed by atoms with van der Waals surface area (Å²) in [7, 11) is 0. The molecule has 5 heteroatoms. The van der Waals surface area contributed by atoms with Crippen molar-refractivity contribution in [2.75, 3.05) is 6.61 Å². The predicted octanol–water partition coefficient (Wildman–Crippen LogP) is 9.36. The summed E-state index contributed by atoms with van der Waals surface area (Å²) in [4.78, 5) is 0. The van der Waals surface area contributed by atoms with Crippen LogP contribution in [0.3, 0.4) is 0 Å². The predicted molar refractivity (Wildman–Crippen MR) is 132 cm³/mol. The highest BCUT2D eigenvalue weighted by atomic mass is 19.2. The maximum absolute atomic E-state index is 15.2. The van der Waals surface area contributed by atoms with Gasteiger partial charge in [0, 0.05) is 11.1 Å². The van der Waals surface area contributed by atoms with Gasteiger partial charge in [-0.1, -0.05) is 31.2 Å². The highest BCUT2D eigenvalue weighted by molar-refractivity contribution is 5.66. The second-order valence-corrected chi connectivity index (χ2v) is 10.2. The van der Waals surface area contributed by atoms with Crippen LogP contribution in [0, 0.1) is 41.0 Å². The van der Waals surface area contributed by atoms with E-state index in [1.54, 1.807) is 6.07 Å². The fourth-order valence-corrected chi connectivity index (χ4v) is 6.13. The van der Waals surface area contributed by atoms with E-state index in [1.165, 1.54) is 43.9 Å². The summed E-state index contributed by atoms with van der Waals surface area (Å²) in [6, 6.07) is 5.45.